The molecule has 15 heavy (non-hydrogen) atoms. The zero-order chi connectivity index (χ0) is 11.1. The maximum Gasteiger partial charge on any atom is 0.0208 e. The lowest BCUT2D eigenvalue weighted by atomic mass is 10.2. The molecule has 0 aliphatic heterocycles. The highest BCUT2D eigenvalue weighted by Crippen LogP contribution is 2.14. The zero-order valence-corrected chi connectivity index (χ0v) is 11.3. The van der Waals surface area contributed by atoms with Crippen LogP contribution in [0.5, 0.6) is 0 Å². The highest BCUT2D eigenvalue weighted by atomic mass is 32.2. The van der Waals surface area contributed by atoms with Gasteiger partial charge in [0.1, 0.15) is 0 Å². The number of hydrogen-bond donors (Lipinski definition) is 1. The van der Waals surface area contributed by atoms with Crippen LogP contribution in [0.15, 0.2) is 29.2 Å². The minimum atomic E-state index is 0.584. The molecule has 1 aromatic carbocycles. The third kappa shape index (κ3) is 4.96. The van der Waals surface area contributed by atoms with Gasteiger partial charge in [0.2, 0.25) is 0 Å². The van der Waals surface area contributed by atoms with Gasteiger partial charge in [-0.15, -0.1) is 11.8 Å². The Morgan fingerprint density at radius 1 is 1.20 bits per heavy atom. The Kier molecular flexibility index (Phi) is 6.22. The summed E-state index contributed by atoms with van der Waals surface area (Å²) in [6, 6.07) is 9.34. The van der Waals surface area contributed by atoms with Crippen LogP contribution in [0, 0.1) is 0 Å². The van der Waals surface area contributed by atoms with Crippen molar-refractivity contribution < 1.29 is 0 Å². The van der Waals surface area contributed by atoms with Crippen molar-refractivity contribution in [1.29, 1.82) is 0 Å². The Hall–Kier alpha value is -0.120. The lowest BCUT2D eigenvalue weighted by molar-refractivity contribution is 0.596. The van der Waals surface area contributed by atoms with Crippen molar-refractivity contribution in [2.45, 2.75) is 24.4 Å². The van der Waals surface area contributed by atoms with E-state index < -0.39 is 0 Å². The summed E-state index contributed by atoms with van der Waals surface area (Å²) in [7, 11) is 0. The first-order valence-corrected chi connectivity index (χ1v) is 7.73. The normalized spacial score (nSPS) is 12.7. The lowest BCUT2D eigenvalue weighted by Crippen LogP contribution is -2.27. The first-order chi connectivity index (χ1) is 7.26. The first kappa shape index (κ1) is 12.9. The number of thioether (sulfide) groups is 2. The summed E-state index contributed by atoms with van der Waals surface area (Å²) < 4.78 is 0. The van der Waals surface area contributed by atoms with E-state index in [1.807, 2.05) is 11.8 Å². The van der Waals surface area contributed by atoms with Crippen LogP contribution in [0.25, 0.3) is 0 Å². The molecule has 1 N–H and O–H groups in total. The van der Waals surface area contributed by atoms with Gasteiger partial charge >= 0.3 is 0 Å². The molecule has 1 rings (SSSR count). The van der Waals surface area contributed by atoms with Gasteiger partial charge in [-0.2, -0.15) is 11.8 Å². The molecule has 0 amide bonds. The molecule has 1 nitrogen and oxygen atoms in total. The van der Waals surface area contributed by atoms with E-state index in [1.165, 1.54) is 16.2 Å². The van der Waals surface area contributed by atoms with E-state index in [0.29, 0.717) is 6.04 Å². The van der Waals surface area contributed by atoms with Gasteiger partial charge < -0.3 is 5.32 Å². The average molecular weight is 241 g/mol. The minimum absolute atomic E-state index is 0.584. The summed E-state index contributed by atoms with van der Waals surface area (Å²) in [5.74, 6) is 1.17. The Morgan fingerprint density at radius 2 is 1.87 bits per heavy atom. The molecule has 84 valence electrons. The Bertz CT molecular complexity index is 271. The molecule has 0 saturated carbocycles. The molecule has 1 aromatic rings. The number of hydrogen-bond acceptors (Lipinski definition) is 3. The van der Waals surface area contributed by atoms with Crippen molar-refractivity contribution in [3.8, 4) is 0 Å². The SMILES string of the molecule is CSCC(C)NCc1ccc(SC)cc1. The standard InChI is InChI=1S/C12H19NS2/c1-10(9-14-2)13-8-11-4-6-12(15-3)7-5-11/h4-7,10,13H,8-9H2,1-3H3. The largest absolute Gasteiger partial charge is 0.309 e. The summed E-state index contributed by atoms with van der Waals surface area (Å²) in [6.45, 7) is 3.20. The highest BCUT2D eigenvalue weighted by molar-refractivity contribution is 7.98. The van der Waals surface area contributed by atoms with Crippen LogP contribution >= 0.6 is 23.5 Å². The van der Waals surface area contributed by atoms with E-state index in [0.717, 1.165) is 6.54 Å². The first-order valence-electron chi connectivity index (χ1n) is 5.11. The van der Waals surface area contributed by atoms with Gasteiger partial charge in [0.05, 0.1) is 0 Å². The van der Waals surface area contributed by atoms with Crippen molar-refractivity contribution in [3.63, 3.8) is 0 Å². The minimum Gasteiger partial charge on any atom is -0.309 e. The maximum atomic E-state index is 3.51. The molecule has 0 radical (unpaired) electrons. The Morgan fingerprint density at radius 3 is 2.40 bits per heavy atom. The summed E-state index contributed by atoms with van der Waals surface area (Å²) in [6.07, 6.45) is 4.25. The van der Waals surface area contributed by atoms with Crippen molar-refractivity contribution in [3.05, 3.63) is 29.8 Å². The van der Waals surface area contributed by atoms with Crippen molar-refractivity contribution in [2.75, 3.05) is 18.3 Å². The van der Waals surface area contributed by atoms with Crippen LogP contribution in [0.2, 0.25) is 0 Å². The van der Waals surface area contributed by atoms with Crippen LogP contribution in [0.3, 0.4) is 0 Å². The summed E-state index contributed by atoms with van der Waals surface area (Å²) in [4.78, 5) is 1.33. The van der Waals surface area contributed by atoms with Gasteiger partial charge in [0.25, 0.3) is 0 Å². The molecule has 0 aromatic heterocycles. The smallest absolute Gasteiger partial charge is 0.0208 e. The second-order valence-electron chi connectivity index (χ2n) is 3.59. The van der Waals surface area contributed by atoms with E-state index in [-0.39, 0.29) is 0 Å². The fraction of sp³-hybridized carbons (Fsp3) is 0.500. The molecule has 3 heteroatoms. The van der Waals surface area contributed by atoms with E-state index in [4.69, 9.17) is 0 Å². The summed E-state index contributed by atoms with van der Waals surface area (Å²) in [5, 5.41) is 3.51. The predicted octanol–water partition coefficient (Wildman–Crippen LogP) is 3.25. The molecule has 0 aliphatic carbocycles. The second kappa shape index (κ2) is 7.20. The van der Waals surface area contributed by atoms with Crippen molar-refractivity contribution in [2.24, 2.45) is 0 Å². The van der Waals surface area contributed by atoms with Gasteiger partial charge in [-0.05, 0) is 37.1 Å². The lowest BCUT2D eigenvalue weighted by Gasteiger charge is -2.12. The topological polar surface area (TPSA) is 12.0 Å². The monoisotopic (exact) mass is 241 g/mol. The molecular formula is C12H19NS2. The third-order valence-corrected chi connectivity index (χ3v) is 3.81. The zero-order valence-electron chi connectivity index (χ0n) is 9.62. The molecule has 0 saturated heterocycles. The number of rotatable bonds is 6. The molecule has 0 bridgehead atoms. The van der Waals surface area contributed by atoms with Gasteiger partial charge in [-0.1, -0.05) is 12.1 Å². The quantitative estimate of drug-likeness (QED) is 0.768. The van der Waals surface area contributed by atoms with Crippen molar-refractivity contribution in [1.82, 2.24) is 5.32 Å². The van der Waals surface area contributed by atoms with Crippen LogP contribution in [-0.4, -0.2) is 24.3 Å². The molecule has 0 aliphatic rings. The van der Waals surface area contributed by atoms with E-state index in [1.54, 1.807) is 11.8 Å². The molecule has 1 unspecified atom stereocenters. The highest BCUT2D eigenvalue weighted by Gasteiger charge is 1.99. The predicted molar refractivity (Wildman–Crippen MR) is 72.9 cm³/mol. The van der Waals surface area contributed by atoms with Crippen LogP contribution in [-0.2, 0) is 6.54 Å². The molecular weight excluding hydrogens is 222 g/mol. The van der Waals surface area contributed by atoms with Gasteiger partial charge in [-0.3, -0.25) is 0 Å². The fourth-order valence-corrected chi connectivity index (χ4v) is 2.37. The van der Waals surface area contributed by atoms with Gasteiger partial charge in [0, 0.05) is 23.2 Å². The molecule has 0 fully saturated rings. The maximum absolute atomic E-state index is 3.51. The second-order valence-corrected chi connectivity index (χ2v) is 5.38. The average Bonchev–Trinajstić information content (AvgIpc) is 2.27. The number of benzene rings is 1. The van der Waals surface area contributed by atoms with Gasteiger partial charge in [-0.25, -0.2) is 0 Å². The molecule has 0 spiro atoms. The van der Waals surface area contributed by atoms with Crippen LogP contribution in [0.1, 0.15) is 12.5 Å². The summed E-state index contributed by atoms with van der Waals surface area (Å²) in [5.41, 5.74) is 1.36. The fourth-order valence-electron chi connectivity index (χ4n) is 1.34. The van der Waals surface area contributed by atoms with E-state index in [9.17, 15) is 0 Å². The van der Waals surface area contributed by atoms with Crippen LogP contribution in [0.4, 0.5) is 0 Å². The van der Waals surface area contributed by atoms with Gasteiger partial charge in [0.15, 0.2) is 0 Å². The Labute approximate surface area is 101 Å². The van der Waals surface area contributed by atoms with Crippen LogP contribution < -0.4 is 5.32 Å². The molecule has 0 heterocycles. The Balaban J connectivity index is 2.37. The summed E-state index contributed by atoms with van der Waals surface area (Å²) >= 11 is 3.67. The van der Waals surface area contributed by atoms with E-state index >= 15 is 0 Å². The van der Waals surface area contributed by atoms with Crippen molar-refractivity contribution >= 4 is 23.5 Å². The third-order valence-electron chi connectivity index (χ3n) is 2.23. The van der Waals surface area contributed by atoms with E-state index in [2.05, 4.69) is 49.0 Å². The number of nitrogens with one attached hydrogen (secondary N) is 1. The molecule has 1 atom stereocenters.